The van der Waals surface area contributed by atoms with E-state index in [9.17, 15) is 0 Å². The summed E-state index contributed by atoms with van der Waals surface area (Å²) in [5.41, 5.74) is 5.65. The van der Waals surface area contributed by atoms with E-state index in [1.54, 1.807) is 0 Å². The number of hydrogen-bond donors (Lipinski definition) is 1. The fraction of sp³-hybridized carbons (Fsp3) is 1.00. The second kappa shape index (κ2) is 4.83. The van der Waals surface area contributed by atoms with Crippen LogP contribution in [0.25, 0.3) is 0 Å². The Bertz CT molecular complexity index is 125. The van der Waals surface area contributed by atoms with Crippen LogP contribution in [-0.2, 0) is 4.74 Å². The van der Waals surface area contributed by atoms with Gasteiger partial charge >= 0.3 is 0 Å². The molecular weight excluding hydrogens is 150 g/mol. The van der Waals surface area contributed by atoms with Crippen LogP contribution in [0, 0.1) is 11.8 Å². The molecule has 1 aliphatic rings. The molecule has 0 spiro atoms. The maximum atomic E-state index is 5.65. The topological polar surface area (TPSA) is 35.2 Å². The van der Waals surface area contributed by atoms with Crippen LogP contribution in [0.2, 0.25) is 0 Å². The first-order chi connectivity index (χ1) is 5.77. The van der Waals surface area contributed by atoms with Crippen LogP contribution in [0.1, 0.15) is 33.1 Å². The van der Waals surface area contributed by atoms with E-state index >= 15 is 0 Å². The quantitative estimate of drug-likeness (QED) is 0.702. The van der Waals surface area contributed by atoms with Gasteiger partial charge in [0.2, 0.25) is 0 Å². The summed E-state index contributed by atoms with van der Waals surface area (Å²) in [4.78, 5) is 0. The molecule has 0 saturated carbocycles. The van der Waals surface area contributed by atoms with Gasteiger partial charge in [0.25, 0.3) is 0 Å². The second-order valence-corrected chi connectivity index (χ2v) is 3.90. The van der Waals surface area contributed by atoms with E-state index in [1.807, 2.05) is 0 Å². The zero-order chi connectivity index (χ0) is 8.97. The van der Waals surface area contributed by atoms with Crippen LogP contribution < -0.4 is 5.73 Å². The first-order valence-corrected chi connectivity index (χ1v) is 5.09. The summed E-state index contributed by atoms with van der Waals surface area (Å²) in [6, 6.07) is 0. The number of rotatable bonds is 3. The zero-order valence-electron chi connectivity index (χ0n) is 8.25. The first-order valence-electron chi connectivity index (χ1n) is 5.09. The smallest absolute Gasteiger partial charge is 0.0575 e. The van der Waals surface area contributed by atoms with Crippen LogP contribution in [0.15, 0.2) is 0 Å². The number of hydrogen-bond acceptors (Lipinski definition) is 2. The monoisotopic (exact) mass is 171 g/mol. The maximum Gasteiger partial charge on any atom is 0.0575 e. The van der Waals surface area contributed by atoms with Gasteiger partial charge < -0.3 is 10.5 Å². The third-order valence-electron chi connectivity index (χ3n) is 3.04. The molecule has 72 valence electrons. The molecule has 0 aromatic carbocycles. The Hall–Kier alpha value is -0.0800. The third kappa shape index (κ3) is 2.46. The van der Waals surface area contributed by atoms with Gasteiger partial charge in [0.15, 0.2) is 0 Å². The van der Waals surface area contributed by atoms with Crippen LogP contribution in [-0.4, -0.2) is 19.3 Å². The molecule has 1 aliphatic heterocycles. The molecule has 1 heterocycles. The van der Waals surface area contributed by atoms with Gasteiger partial charge in [0, 0.05) is 6.61 Å². The molecule has 0 aliphatic carbocycles. The lowest BCUT2D eigenvalue weighted by atomic mass is 9.84. The molecule has 1 saturated heterocycles. The molecular formula is C10H21NO. The largest absolute Gasteiger partial charge is 0.378 e. The van der Waals surface area contributed by atoms with Crippen LogP contribution in [0.5, 0.6) is 0 Å². The van der Waals surface area contributed by atoms with Gasteiger partial charge in [-0.1, -0.05) is 13.8 Å². The van der Waals surface area contributed by atoms with Gasteiger partial charge in [-0.2, -0.15) is 0 Å². The zero-order valence-corrected chi connectivity index (χ0v) is 8.25. The van der Waals surface area contributed by atoms with Gasteiger partial charge in [-0.05, 0) is 37.6 Å². The highest BCUT2D eigenvalue weighted by Gasteiger charge is 2.24. The van der Waals surface area contributed by atoms with E-state index in [0.717, 1.165) is 25.5 Å². The van der Waals surface area contributed by atoms with Gasteiger partial charge in [-0.15, -0.1) is 0 Å². The van der Waals surface area contributed by atoms with Gasteiger partial charge in [0.1, 0.15) is 0 Å². The Labute approximate surface area is 75.5 Å². The standard InChI is InChI=1S/C10H21NO/c1-3-10-6-9(4-5-12-10)8(2)7-11/h8-10H,3-7,11H2,1-2H3. The summed E-state index contributed by atoms with van der Waals surface area (Å²) < 4.78 is 5.61. The maximum absolute atomic E-state index is 5.65. The predicted molar refractivity (Wildman–Crippen MR) is 51.0 cm³/mol. The Kier molecular flexibility index (Phi) is 4.02. The average Bonchev–Trinajstić information content (AvgIpc) is 2.17. The van der Waals surface area contributed by atoms with E-state index in [0.29, 0.717) is 12.0 Å². The minimum Gasteiger partial charge on any atom is -0.378 e. The molecule has 0 bridgehead atoms. The summed E-state index contributed by atoms with van der Waals surface area (Å²) in [5, 5.41) is 0. The first kappa shape index (κ1) is 10.0. The lowest BCUT2D eigenvalue weighted by molar-refractivity contribution is -0.0211. The molecule has 2 heteroatoms. The minimum absolute atomic E-state index is 0.498. The summed E-state index contributed by atoms with van der Waals surface area (Å²) in [6.45, 7) is 6.21. The van der Waals surface area contributed by atoms with Crippen molar-refractivity contribution in [1.82, 2.24) is 0 Å². The molecule has 0 radical (unpaired) electrons. The van der Waals surface area contributed by atoms with E-state index < -0.39 is 0 Å². The van der Waals surface area contributed by atoms with Crippen molar-refractivity contribution in [1.29, 1.82) is 0 Å². The molecule has 1 fully saturated rings. The van der Waals surface area contributed by atoms with Gasteiger partial charge in [-0.25, -0.2) is 0 Å². The van der Waals surface area contributed by atoms with E-state index in [2.05, 4.69) is 13.8 Å². The van der Waals surface area contributed by atoms with Crippen LogP contribution in [0.3, 0.4) is 0 Å². The van der Waals surface area contributed by atoms with Crippen molar-refractivity contribution in [2.24, 2.45) is 17.6 Å². The molecule has 1 rings (SSSR count). The number of nitrogens with two attached hydrogens (primary N) is 1. The van der Waals surface area contributed by atoms with E-state index in [-0.39, 0.29) is 0 Å². The van der Waals surface area contributed by atoms with Crippen molar-refractivity contribution in [3.05, 3.63) is 0 Å². The van der Waals surface area contributed by atoms with Crippen molar-refractivity contribution in [3.8, 4) is 0 Å². The average molecular weight is 171 g/mol. The summed E-state index contributed by atoms with van der Waals surface area (Å²) >= 11 is 0. The molecule has 3 unspecified atom stereocenters. The molecule has 2 nitrogen and oxygen atoms in total. The lowest BCUT2D eigenvalue weighted by Gasteiger charge is -2.32. The van der Waals surface area contributed by atoms with Crippen molar-refractivity contribution in [2.45, 2.75) is 39.2 Å². The molecule has 0 aromatic rings. The summed E-state index contributed by atoms with van der Waals surface area (Å²) in [5.74, 6) is 1.47. The highest BCUT2D eigenvalue weighted by atomic mass is 16.5. The number of ether oxygens (including phenoxy) is 1. The molecule has 3 atom stereocenters. The third-order valence-corrected chi connectivity index (χ3v) is 3.04. The van der Waals surface area contributed by atoms with Crippen LogP contribution in [0.4, 0.5) is 0 Å². The van der Waals surface area contributed by atoms with E-state index in [4.69, 9.17) is 10.5 Å². The fourth-order valence-corrected chi connectivity index (χ4v) is 1.90. The molecule has 12 heavy (non-hydrogen) atoms. The van der Waals surface area contributed by atoms with Crippen molar-refractivity contribution in [2.75, 3.05) is 13.2 Å². The van der Waals surface area contributed by atoms with Gasteiger partial charge in [0.05, 0.1) is 6.10 Å². The fourth-order valence-electron chi connectivity index (χ4n) is 1.90. The highest BCUT2D eigenvalue weighted by Crippen LogP contribution is 2.27. The molecule has 0 amide bonds. The van der Waals surface area contributed by atoms with Crippen LogP contribution >= 0.6 is 0 Å². The molecule has 0 aromatic heterocycles. The summed E-state index contributed by atoms with van der Waals surface area (Å²) in [7, 11) is 0. The Balaban J connectivity index is 2.34. The Morgan fingerprint density at radius 1 is 1.58 bits per heavy atom. The predicted octanol–water partition coefficient (Wildman–Crippen LogP) is 1.79. The summed E-state index contributed by atoms with van der Waals surface area (Å²) in [6.07, 6.45) is 4.06. The van der Waals surface area contributed by atoms with E-state index in [1.165, 1.54) is 12.8 Å². The molecule has 2 N–H and O–H groups in total. The Morgan fingerprint density at radius 2 is 2.33 bits per heavy atom. The van der Waals surface area contributed by atoms with Gasteiger partial charge in [-0.3, -0.25) is 0 Å². The second-order valence-electron chi connectivity index (χ2n) is 3.90. The minimum atomic E-state index is 0.498. The SMILES string of the molecule is CCC1CC(C(C)CN)CCO1. The normalized spacial score (nSPS) is 33.2. The lowest BCUT2D eigenvalue weighted by Crippen LogP contribution is -2.31. The highest BCUT2D eigenvalue weighted by molar-refractivity contribution is 4.75. The Morgan fingerprint density at radius 3 is 2.92 bits per heavy atom. The van der Waals surface area contributed by atoms with Crippen molar-refractivity contribution < 1.29 is 4.74 Å². The van der Waals surface area contributed by atoms with Crippen molar-refractivity contribution >= 4 is 0 Å². The van der Waals surface area contributed by atoms with Crippen molar-refractivity contribution in [3.63, 3.8) is 0 Å².